The van der Waals surface area contributed by atoms with E-state index < -0.39 is 0 Å². The largest absolute Gasteiger partial charge is 0.495 e. The first kappa shape index (κ1) is 24.3. The normalized spacial score (nSPS) is 15.4. The second-order valence-corrected chi connectivity index (χ2v) is 9.26. The number of thiazole rings is 1. The van der Waals surface area contributed by atoms with Crippen LogP contribution in [0.1, 0.15) is 49.4 Å². The number of fused-ring (bicyclic) bond motifs is 1. The smallest absolute Gasteiger partial charge is 0.260 e. The van der Waals surface area contributed by atoms with Crippen LogP contribution >= 0.6 is 11.3 Å². The van der Waals surface area contributed by atoms with E-state index in [1.165, 1.54) is 11.3 Å². The number of unbranched alkanes of at least 4 members (excludes halogenated alkanes) is 2. The molecular formula is C26H32N2O5S. The van der Waals surface area contributed by atoms with Gasteiger partial charge in [-0.2, -0.15) is 0 Å². The molecule has 8 heteroatoms. The number of methoxy groups -OCH3 is 2. The van der Waals surface area contributed by atoms with Crippen molar-refractivity contribution >= 4 is 32.6 Å². The van der Waals surface area contributed by atoms with Crippen LogP contribution in [0.2, 0.25) is 0 Å². The summed E-state index contributed by atoms with van der Waals surface area (Å²) in [6.45, 7) is 3.96. The third-order valence-corrected chi connectivity index (χ3v) is 6.98. The molecule has 2 heterocycles. The molecule has 1 amide bonds. The van der Waals surface area contributed by atoms with E-state index in [2.05, 4.69) is 6.92 Å². The molecule has 0 bridgehead atoms. The molecule has 34 heavy (non-hydrogen) atoms. The highest BCUT2D eigenvalue weighted by Gasteiger charge is 2.28. The molecule has 2 aromatic carbocycles. The number of rotatable bonds is 11. The van der Waals surface area contributed by atoms with Gasteiger partial charge in [0.15, 0.2) is 5.13 Å². The first-order valence-corrected chi connectivity index (χ1v) is 12.6. The Morgan fingerprint density at radius 1 is 1.18 bits per heavy atom. The molecule has 0 N–H and O–H groups in total. The van der Waals surface area contributed by atoms with Crippen molar-refractivity contribution in [2.75, 3.05) is 38.9 Å². The summed E-state index contributed by atoms with van der Waals surface area (Å²) < 4.78 is 23.6. The Kier molecular flexibility index (Phi) is 8.24. The number of carbonyl (C=O) groups is 1. The second kappa shape index (κ2) is 11.5. The Balaban J connectivity index is 1.66. The molecule has 0 aliphatic carbocycles. The van der Waals surface area contributed by atoms with Gasteiger partial charge in [-0.05, 0) is 49.6 Å². The molecule has 3 aromatic rings. The van der Waals surface area contributed by atoms with Crippen LogP contribution in [0.15, 0.2) is 36.4 Å². The maximum atomic E-state index is 13.8. The number of hydrogen-bond donors (Lipinski definition) is 0. The summed E-state index contributed by atoms with van der Waals surface area (Å²) in [5, 5.41) is 0.590. The third kappa shape index (κ3) is 5.45. The van der Waals surface area contributed by atoms with Crippen LogP contribution in [0.5, 0.6) is 17.2 Å². The van der Waals surface area contributed by atoms with Gasteiger partial charge in [-0.25, -0.2) is 4.98 Å². The van der Waals surface area contributed by atoms with E-state index >= 15 is 0 Å². The van der Waals surface area contributed by atoms with E-state index in [1.807, 2.05) is 36.4 Å². The van der Waals surface area contributed by atoms with Crippen molar-refractivity contribution in [3.63, 3.8) is 0 Å². The highest BCUT2D eigenvalue weighted by molar-refractivity contribution is 7.22. The van der Waals surface area contributed by atoms with Gasteiger partial charge in [-0.1, -0.05) is 37.2 Å². The number of anilines is 1. The topological polar surface area (TPSA) is 70.1 Å². The molecule has 0 radical (unpaired) electrons. The Morgan fingerprint density at radius 2 is 2.00 bits per heavy atom. The summed E-state index contributed by atoms with van der Waals surface area (Å²) in [4.78, 5) is 20.3. The lowest BCUT2D eigenvalue weighted by molar-refractivity contribution is 0.0917. The minimum atomic E-state index is -0.133. The molecule has 1 atom stereocenters. The summed E-state index contributed by atoms with van der Waals surface area (Å²) in [6.07, 6.45) is 5.15. The lowest BCUT2D eigenvalue weighted by atomic mass is 10.1. The molecule has 7 nitrogen and oxygen atoms in total. The number of carbonyl (C=O) groups excluding carboxylic acids is 1. The molecule has 1 unspecified atom stereocenters. The van der Waals surface area contributed by atoms with Crippen molar-refractivity contribution in [2.24, 2.45) is 0 Å². The summed E-state index contributed by atoms with van der Waals surface area (Å²) in [7, 11) is 3.24. The molecule has 1 aliphatic rings. The number of aromatic nitrogens is 1. The summed E-state index contributed by atoms with van der Waals surface area (Å²) in [6, 6.07) is 11.1. The molecule has 1 aromatic heterocycles. The van der Waals surface area contributed by atoms with E-state index in [1.54, 1.807) is 19.1 Å². The maximum absolute atomic E-state index is 13.8. The van der Waals surface area contributed by atoms with Gasteiger partial charge in [-0.15, -0.1) is 0 Å². The molecule has 182 valence electrons. The monoisotopic (exact) mass is 484 g/mol. The Morgan fingerprint density at radius 3 is 2.74 bits per heavy atom. The van der Waals surface area contributed by atoms with Crippen molar-refractivity contribution in [2.45, 2.75) is 45.1 Å². The summed E-state index contributed by atoms with van der Waals surface area (Å²) >= 11 is 1.42. The van der Waals surface area contributed by atoms with E-state index in [-0.39, 0.29) is 12.0 Å². The fourth-order valence-corrected chi connectivity index (χ4v) is 5.13. The maximum Gasteiger partial charge on any atom is 0.260 e. The van der Waals surface area contributed by atoms with Gasteiger partial charge in [-0.3, -0.25) is 9.69 Å². The third-order valence-electron chi connectivity index (χ3n) is 5.88. The van der Waals surface area contributed by atoms with Crippen LogP contribution in [0.25, 0.3) is 10.2 Å². The zero-order valence-electron chi connectivity index (χ0n) is 20.0. The van der Waals surface area contributed by atoms with E-state index in [9.17, 15) is 4.79 Å². The van der Waals surface area contributed by atoms with Gasteiger partial charge < -0.3 is 18.9 Å². The predicted molar refractivity (Wildman–Crippen MR) is 135 cm³/mol. The molecule has 0 spiro atoms. The van der Waals surface area contributed by atoms with Crippen molar-refractivity contribution in [1.82, 2.24) is 4.98 Å². The van der Waals surface area contributed by atoms with Crippen LogP contribution in [0.3, 0.4) is 0 Å². The quantitative estimate of drug-likeness (QED) is 0.325. The number of ether oxygens (including phenoxy) is 4. The van der Waals surface area contributed by atoms with Crippen LogP contribution < -0.4 is 19.1 Å². The molecule has 1 saturated heterocycles. The number of benzene rings is 2. The molecule has 4 rings (SSSR count). The van der Waals surface area contributed by atoms with Gasteiger partial charge in [0, 0.05) is 12.2 Å². The van der Waals surface area contributed by atoms with Gasteiger partial charge >= 0.3 is 0 Å². The van der Waals surface area contributed by atoms with Gasteiger partial charge in [0.2, 0.25) is 0 Å². The van der Waals surface area contributed by atoms with E-state index in [0.717, 1.165) is 43.4 Å². The average Bonchev–Trinajstić information content (AvgIpc) is 3.54. The molecule has 1 aliphatic heterocycles. The Bertz CT molecular complexity index is 1070. The lowest BCUT2D eigenvalue weighted by Crippen LogP contribution is -2.37. The van der Waals surface area contributed by atoms with Crippen molar-refractivity contribution in [3.8, 4) is 17.2 Å². The predicted octanol–water partition coefficient (Wildman–Crippen LogP) is 5.71. The number of amides is 1. The molecule has 0 saturated carbocycles. The van der Waals surface area contributed by atoms with E-state index in [0.29, 0.717) is 46.6 Å². The second-order valence-electron chi connectivity index (χ2n) is 8.28. The lowest BCUT2D eigenvalue weighted by Gasteiger charge is -2.23. The van der Waals surface area contributed by atoms with Gasteiger partial charge in [0.25, 0.3) is 5.91 Å². The van der Waals surface area contributed by atoms with Crippen LogP contribution in [0.4, 0.5) is 5.13 Å². The van der Waals surface area contributed by atoms with E-state index in [4.69, 9.17) is 23.9 Å². The molecular weight excluding hydrogens is 452 g/mol. The van der Waals surface area contributed by atoms with Crippen molar-refractivity contribution < 1.29 is 23.7 Å². The summed E-state index contributed by atoms with van der Waals surface area (Å²) in [5.74, 6) is 1.91. The standard InChI is InChI=1S/C26H32N2O5S/c1-4-5-6-14-32-19-10-7-9-18(16-19)25(29)28(17-20-11-8-15-33-20)26-27-23-21(30-2)12-13-22(31-3)24(23)34-26/h7,9-10,12-13,16,20H,4-6,8,11,14-15,17H2,1-3H3. The number of nitrogens with zero attached hydrogens (tertiary/aromatic N) is 2. The zero-order chi connectivity index (χ0) is 23.9. The van der Waals surface area contributed by atoms with Gasteiger partial charge in [0.05, 0.1) is 33.5 Å². The minimum absolute atomic E-state index is 0.0202. The fraction of sp³-hybridized carbons (Fsp3) is 0.462. The Hall–Kier alpha value is -2.84. The molecule has 1 fully saturated rings. The van der Waals surface area contributed by atoms with Crippen molar-refractivity contribution in [3.05, 3.63) is 42.0 Å². The Labute approximate surface area is 204 Å². The van der Waals surface area contributed by atoms with Crippen molar-refractivity contribution in [1.29, 1.82) is 0 Å². The average molecular weight is 485 g/mol. The first-order chi connectivity index (χ1) is 16.6. The summed E-state index contributed by atoms with van der Waals surface area (Å²) in [5.41, 5.74) is 1.24. The zero-order valence-corrected chi connectivity index (χ0v) is 20.9. The first-order valence-electron chi connectivity index (χ1n) is 11.8. The fourth-order valence-electron chi connectivity index (χ4n) is 4.05. The van der Waals surface area contributed by atoms with Crippen LogP contribution in [0, 0.1) is 0 Å². The highest BCUT2D eigenvalue weighted by Crippen LogP contribution is 2.40. The SMILES string of the molecule is CCCCCOc1cccc(C(=O)N(CC2CCCO2)c2nc3c(OC)ccc(OC)c3s2)c1. The number of hydrogen-bond acceptors (Lipinski definition) is 7. The minimum Gasteiger partial charge on any atom is -0.495 e. The van der Waals surface area contributed by atoms with Crippen LogP contribution in [-0.4, -0.2) is 51.0 Å². The van der Waals surface area contributed by atoms with Crippen LogP contribution in [-0.2, 0) is 4.74 Å². The van der Waals surface area contributed by atoms with Gasteiger partial charge in [0.1, 0.15) is 27.5 Å². The highest BCUT2D eigenvalue weighted by atomic mass is 32.1.